The number of hydrogen-bond acceptors (Lipinski definition) is 2. The minimum absolute atomic E-state index is 0.0491. The van der Waals surface area contributed by atoms with Crippen molar-refractivity contribution in [2.24, 2.45) is 11.8 Å². The number of nitrogens with zero attached hydrogens (tertiary/aromatic N) is 1. The van der Waals surface area contributed by atoms with E-state index in [2.05, 4.69) is 4.98 Å². The van der Waals surface area contributed by atoms with Crippen LogP contribution in [0.5, 0.6) is 0 Å². The van der Waals surface area contributed by atoms with Gasteiger partial charge in [-0.15, -0.1) is 0 Å². The highest BCUT2D eigenvalue weighted by atomic mass is 19.1. The molecule has 0 radical (unpaired) electrons. The Morgan fingerprint density at radius 2 is 2.00 bits per heavy atom. The molecule has 0 bridgehead atoms. The number of halogens is 1. The van der Waals surface area contributed by atoms with E-state index in [9.17, 15) is 9.18 Å². The molecule has 0 saturated heterocycles. The second-order valence-electron chi connectivity index (χ2n) is 3.79. The second kappa shape index (κ2) is 4.31. The normalized spacial score (nSPS) is 12.9. The first kappa shape index (κ1) is 10.8. The average molecular weight is 195 g/mol. The Labute approximate surface area is 83.2 Å². The van der Waals surface area contributed by atoms with Crippen molar-refractivity contribution in [1.82, 2.24) is 4.98 Å². The molecule has 3 heteroatoms. The molecular weight excluding hydrogens is 181 g/mol. The first-order valence-corrected chi connectivity index (χ1v) is 4.67. The van der Waals surface area contributed by atoms with Gasteiger partial charge in [-0.1, -0.05) is 20.8 Å². The van der Waals surface area contributed by atoms with Crippen LogP contribution in [0, 0.1) is 17.7 Å². The molecule has 1 atom stereocenters. The van der Waals surface area contributed by atoms with E-state index in [0.29, 0.717) is 5.56 Å². The molecule has 0 aliphatic rings. The lowest BCUT2D eigenvalue weighted by molar-refractivity contribution is 0.0899. The van der Waals surface area contributed by atoms with Gasteiger partial charge in [-0.2, -0.15) is 0 Å². The third kappa shape index (κ3) is 2.37. The second-order valence-corrected chi connectivity index (χ2v) is 3.79. The molecule has 76 valence electrons. The zero-order chi connectivity index (χ0) is 10.7. The van der Waals surface area contributed by atoms with Crippen molar-refractivity contribution >= 4 is 5.78 Å². The predicted octanol–water partition coefficient (Wildman–Crippen LogP) is 2.70. The van der Waals surface area contributed by atoms with Gasteiger partial charge >= 0.3 is 0 Å². The number of carbonyl (C=O) groups is 1. The van der Waals surface area contributed by atoms with Crippen LogP contribution in [0.15, 0.2) is 18.5 Å². The minimum Gasteiger partial charge on any atom is -0.294 e. The Kier molecular flexibility index (Phi) is 3.33. The first-order valence-electron chi connectivity index (χ1n) is 4.67. The summed E-state index contributed by atoms with van der Waals surface area (Å²) >= 11 is 0. The van der Waals surface area contributed by atoms with Crippen LogP contribution >= 0.6 is 0 Å². The topological polar surface area (TPSA) is 30.0 Å². The van der Waals surface area contributed by atoms with E-state index in [1.807, 2.05) is 20.8 Å². The summed E-state index contributed by atoms with van der Waals surface area (Å²) in [5, 5.41) is 0. The first-order chi connectivity index (χ1) is 6.52. The molecule has 2 nitrogen and oxygen atoms in total. The van der Waals surface area contributed by atoms with Crippen LogP contribution in [0.25, 0.3) is 0 Å². The number of ketones is 1. The van der Waals surface area contributed by atoms with Crippen LogP contribution in [0.1, 0.15) is 31.1 Å². The lowest BCUT2D eigenvalue weighted by Crippen LogP contribution is -2.17. The fourth-order valence-electron chi connectivity index (χ4n) is 1.11. The van der Waals surface area contributed by atoms with E-state index in [4.69, 9.17) is 0 Å². The van der Waals surface area contributed by atoms with Crippen molar-refractivity contribution in [3.8, 4) is 0 Å². The monoisotopic (exact) mass is 195 g/mol. The van der Waals surface area contributed by atoms with Crippen LogP contribution in [0.2, 0.25) is 0 Å². The number of rotatable bonds is 3. The van der Waals surface area contributed by atoms with Gasteiger partial charge in [0.25, 0.3) is 0 Å². The van der Waals surface area contributed by atoms with Crippen LogP contribution in [-0.2, 0) is 0 Å². The number of carbonyl (C=O) groups excluding carboxylic acids is 1. The maximum atomic E-state index is 12.8. The van der Waals surface area contributed by atoms with Gasteiger partial charge in [0.1, 0.15) is 5.82 Å². The quantitative estimate of drug-likeness (QED) is 0.694. The molecule has 0 fully saturated rings. The smallest absolute Gasteiger partial charge is 0.167 e. The lowest BCUT2D eigenvalue weighted by Gasteiger charge is -2.13. The summed E-state index contributed by atoms with van der Waals surface area (Å²) < 4.78 is 12.8. The summed E-state index contributed by atoms with van der Waals surface area (Å²) in [5.74, 6) is -0.358. The molecule has 1 rings (SSSR count). The maximum absolute atomic E-state index is 12.8. The van der Waals surface area contributed by atoms with Gasteiger partial charge in [-0.05, 0) is 12.0 Å². The molecule has 0 aliphatic carbocycles. The highest BCUT2D eigenvalue weighted by Gasteiger charge is 2.18. The molecule has 0 spiro atoms. The Hall–Kier alpha value is -1.25. The van der Waals surface area contributed by atoms with Gasteiger partial charge in [0.15, 0.2) is 5.78 Å². The maximum Gasteiger partial charge on any atom is 0.167 e. The van der Waals surface area contributed by atoms with Gasteiger partial charge in [0, 0.05) is 17.7 Å². The van der Waals surface area contributed by atoms with Crippen molar-refractivity contribution in [3.63, 3.8) is 0 Å². The third-order valence-corrected chi connectivity index (χ3v) is 2.40. The van der Waals surface area contributed by atoms with Crippen LogP contribution < -0.4 is 0 Å². The number of aromatic nitrogens is 1. The van der Waals surface area contributed by atoms with Crippen molar-refractivity contribution in [2.75, 3.05) is 0 Å². The molecule has 0 aliphatic heterocycles. The number of Topliss-reactive ketones (excluding diaryl/α,β-unsaturated/α-hetero) is 1. The van der Waals surface area contributed by atoms with E-state index in [-0.39, 0.29) is 17.6 Å². The van der Waals surface area contributed by atoms with Gasteiger partial charge in [0.05, 0.1) is 6.20 Å². The Bertz CT molecular complexity index is 336. The molecular formula is C11H14FNO. The molecule has 0 amide bonds. The molecule has 0 N–H and O–H groups in total. The standard InChI is InChI=1S/C11H14FNO/c1-7(2)8(3)11(14)9-4-10(12)6-13-5-9/h4-8H,1-3H3. The van der Waals surface area contributed by atoms with E-state index >= 15 is 0 Å². The largest absolute Gasteiger partial charge is 0.294 e. The van der Waals surface area contributed by atoms with Crippen LogP contribution in [0.3, 0.4) is 0 Å². The highest BCUT2D eigenvalue weighted by Crippen LogP contribution is 2.16. The number of pyridine rings is 1. The predicted molar refractivity (Wildman–Crippen MR) is 52.5 cm³/mol. The van der Waals surface area contributed by atoms with Gasteiger partial charge in [-0.25, -0.2) is 4.39 Å². The van der Waals surface area contributed by atoms with Crippen molar-refractivity contribution in [3.05, 3.63) is 29.8 Å². The summed E-state index contributed by atoms with van der Waals surface area (Å²) in [6.07, 6.45) is 2.50. The van der Waals surface area contributed by atoms with E-state index in [0.717, 1.165) is 6.20 Å². The van der Waals surface area contributed by atoms with Crippen molar-refractivity contribution in [1.29, 1.82) is 0 Å². The van der Waals surface area contributed by atoms with Crippen molar-refractivity contribution in [2.45, 2.75) is 20.8 Å². The summed E-state index contributed by atoms with van der Waals surface area (Å²) in [7, 11) is 0. The number of hydrogen-bond donors (Lipinski definition) is 0. The van der Waals surface area contributed by atoms with Crippen LogP contribution in [0.4, 0.5) is 4.39 Å². The van der Waals surface area contributed by atoms with Crippen molar-refractivity contribution < 1.29 is 9.18 Å². The third-order valence-electron chi connectivity index (χ3n) is 2.40. The van der Waals surface area contributed by atoms with Gasteiger partial charge < -0.3 is 0 Å². The Morgan fingerprint density at radius 3 is 2.50 bits per heavy atom. The average Bonchev–Trinajstić information content (AvgIpc) is 2.15. The summed E-state index contributed by atoms with van der Waals surface area (Å²) in [5.41, 5.74) is 0.353. The minimum atomic E-state index is -0.466. The van der Waals surface area contributed by atoms with Gasteiger partial charge in [-0.3, -0.25) is 9.78 Å². The highest BCUT2D eigenvalue weighted by molar-refractivity contribution is 5.97. The van der Waals surface area contributed by atoms with Gasteiger partial charge in [0.2, 0.25) is 0 Å². The zero-order valence-corrected chi connectivity index (χ0v) is 8.62. The molecule has 0 saturated carbocycles. The Balaban J connectivity index is 2.89. The fourth-order valence-corrected chi connectivity index (χ4v) is 1.11. The summed E-state index contributed by atoms with van der Waals surface area (Å²) in [4.78, 5) is 15.4. The summed E-state index contributed by atoms with van der Waals surface area (Å²) in [6.45, 7) is 5.78. The Morgan fingerprint density at radius 1 is 1.36 bits per heavy atom. The van der Waals surface area contributed by atoms with Crippen LogP contribution in [-0.4, -0.2) is 10.8 Å². The molecule has 1 unspecified atom stereocenters. The lowest BCUT2D eigenvalue weighted by atomic mass is 9.90. The van der Waals surface area contributed by atoms with E-state index in [1.54, 1.807) is 0 Å². The molecule has 1 heterocycles. The van der Waals surface area contributed by atoms with E-state index in [1.165, 1.54) is 12.3 Å². The molecule has 1 aromatic rings. The fraction of sp³-hybridized carbons (Fsp3) is 0.455. The summed E-state index contributed by atoms with van der Waals surface area (Å²) in [6, 6.07) is 1.23. The molecule has 14 heavy (non-hydrogen) atoms. The molecule has 0 aromatic carbocycles. The molecule has 1 aromatic heterocycles. The zero-order valence-electron chi connectivity index (χ0n) is 8.62. The SMILES string of the molecule is CC(C)C(C)C(=O)c1cncc(F)c1. The van der Waals surface area contributed by atoms with E-state index < -0.39 is 5.82 Å².